The molecule has 0 fully saturated rings. The van der Waals surface area contributed by atoms with Crippen molar-refractivity contribution in [3.63, 3.8) is 0 Å². The summed E-state index contributed by atoms with van der Waals surface area (Å²) in [6.45, 7) is 6.48. The average Bonchev–Trinajstić information content (AvgIpc) is 3.44. The zero-order chi connectivity index (χ0) is 56.4. The van der Waals surface area contributed by atoms with E-state index < -0.39 is 6.10 Å². The van der Waals surface area contributed by atoms with Crippen molar-refractivity contribution in [2.45, 2.75) is 316 Å². The Balaban J connectivity index is 4.13. The zero-order valence-corrected chi connectivity index (χ0v) is 51.2. The van der Waals surface area contributed by atoms with Crippen molar-refractivity contribution in [2.24, 2.45) is 0 Å². The number of carbonyl (C=O) groups is 3. The fourth-order valence-electron chi connectivity index (χ4n) is 9.05. The second-order valence-electron chi connectivity index (χ2n) is 21.6. The molecule has 0 bridgehead atoms. The van der Waals surface area contributed by atoms with Crippen LogP contribution in [0.1, 0.15) is 310 Å². The Morgan fingerprint density at radius 2 is 0.513 bits per heavy atom. The molecular weight excluding hydrogens is 961 g/mol. The summed E-state index contributed by atoms with van der Waals surface area (Å²) >= 11 is 0. The average molecular weight is 1080 g/mol. The third-order valence-corrected chi connectivity index (χ3v) is 14.0. The Labute approximate surface area is 482 Å². The number of allylic oxidation sites excluding steroid dienone is 18. The molecule has 0 spiro atoms. The molecule has 0 aliphatic carbocycles. The van der Waals surface area contributed by atoms with E-state index in [0.717, 1.165) is 122 Å². The minimum Gasteiger partial charge on any atom is -0.462 e. The molecule has 0 heterocycles. The van der Waals surface area contributed by atoms with Crippen LogP contribution in [0.3, 0.4) is 0 Å². The topological polar surface area (TPSA) is 78.9 Å². The van der Waals surface area contributed by atoms with Gasteiger partial charge < -0.3 is 14.2 Å². The van der Waals surface area contributed by atoms with Crippen molar-refractivity contribution in [1.29, 1.82) is 0 Å². The molecular formula is C72H122O6. The summed E-state index contributed by atoms with van der Waals surface area (Å²) in [5.74, 6) is -0.895. The van der Waals surface area contributed by atoms with Crippen molar-refractivity contribution in [2.75, 3.05) is 13.2 Å². The van der Waals surface area contributed by atoms with E-state index in [2.05, 4.69) is 130 Å². The molecule has 0 rings (SSSR count). The van der Waals surface area contributed by atoms with Crippen LogP contribution in [0, 0.1) is 0 Å². The van der Waals surface area contributed by atoms with Gasteiger partial charge >= 0.3 is 17.9 Å². The second kappa shape index (κ2) is 65.6. The van der Waals surface area contributed by atoms with E-state index in [1.165, 1.54) is 148 Å². The van der Waals surface area contributed by atoms with E-state index in [0.29, 0.717) is 19.3 Å². The van der Waals surface area contributed by atoms with Crippen LogP contribution in [-0.2, 0) is 28.6 Å². The molecule has 1 atom stereocenters. The number of unbranched alkanes of at least 4 members (excludes halogenated alkanes) is 30. The highest BCUT2D eigenvalue weighted by atomic mass is 16.6. The Bertz CT molecular complexity index is 1570. The van der Waals surface area contributed by atoms with Gasteiger partial charge in [-0.15, -0.1) is 0 Å². The van der Waals surface area contributed by atoms with Crippen molar-refractivity contribution in [3.8, 4) is 0 Å². The molecule has 0 saturated heterocycles. The lowest BCUT2D eigenvalue weighted by Crippen LogP contribution is -2.30. The van der Waals surface area contributed by atoms with E-state index in [4.69, 9.17) is 14.2 Å². The molecule has 0 N–H and O–H groups in total. The van der Waals surface area contributed by atoms with Gasteiger partial charge in [-0.3, -0.25) is 14.4 Å². The van der Waals surface area contributed by atoms with Gasteiger partial charge in [-0.25, -0.2) is 0 Å². The van der Waals surface area contributed by atoms with Crippen LogP contribution in [0.25, 0.3) is 0 Å². The molecule has 6 heteroatoms. The molecule has 446 valence electrons. The molecule has 0 aliphatic heterocycles. The molecule has 0 aliphatic rings. The summed E-state index contributed by atoms with van der Waals surface area (Å²) in [5.41, 5.74) is 0. The van der Waals surface area contributed by atoms with Crippen LogP contribution in [0.5, 0.6) is 0 Å². The predicted octanol–water partition coefficient (Wildman–Crippen LogP) is 22.6. The van der Waals surface area contributed by atoms with Gasteiger partial charge in [0.05, 0.1) is 0 Å². The van der Waals surface area contributed by atoms with Gasteiger partial charge in [-0.05, 0) is 122 Å². The Hall–Kier alpha value is -3.93. The number of esters is 3. The maximum Gasteiger partial charge on any atom is 0.306 e. The lowest BCUT2D eigenvalue weighted by molar-refractivity contribution is -0.167. The summed E-state index contributed by atoms with van der Waals surface area (Å²) < 4.78 is 16.9. The first-order chi connectivity index (χ1) is 38.5. The fraction of sp³-hybridized carbons (Fsp3) is 0.708. The lowest BCUT2D eigenvalue weighted by Gasteiger charge is -2.18. The zero-order valence-electron chi connectivity index (χ0n) is 51.2. The molecule has 0 aromatic heterocycles. The van der Waals surface area contributed by atoms with E-state index in [-0.39, 0.29) is 31.1 Å². The first kappa shape index (κ1) is 74.1. The summed E-state index contributed by atoms with van der Waals surface area (Å²) in [7, 11) is 0. The normalized spacial score (nSPS) is 12.8. The SMILES string of the molecule is CC/C=C\C/C=C\C/C=C\C/C=C\C/C=C\C/C=C\C/C=C\CCCCCCCCCCCCCCCC(=O)OCC(COC(=O)CCCCCCC/C=C\CCCC)OC(=O)CCCCCCC/C=C\CCCCCCC. The monoisotopic (exact) mass is 1080 g/mol. The number of ether oxygens (including phenoxy) is 3. The third kappa shape index (κ3) is 62.9. The minimum absolute atomic E-state index is 0.0827. The summed E-state index contributed by atoms with van der Waals surface area (Å²) in [6, 6.07) is 0. The Kier molecular flexibility index (Phi) is 62.3. The first-order valence-electron chi connectivity index (χ1n) is 32.9. The third-order valence-electron chi connectivity index (χ3n) is 14.0. The summed E-state index contributed by atoms with van der Waals surface area (Å²) in [6.07, 6.45) is 89.7. The summed E-state index contributed by atoms with van der Waals surface area (Å²) in [4.78, 5) is 38.2. The highest BCUT2D eigenvalue weighted by Crippen LogP contribution is 2.16. The van der Waals surface area contributed by atoms with Crippen LogP contribution in [-0.4, -0.2) is 37.2 Å². The molecule has 0 aromatic carbocycles. The van der Waals surface area contributed by atoms with E-state index in [1.54, 1.807) is 0 Å². The van der Waals surface area contributed by atoms with Crippen LogP contribution in [0.4, 0.5) is 0 Å². The molecule has 0 aromatic rings. The molecule has 6 nitrogen and oxygen atoms in total. The number of rotatable bonds is 59. The van der Waals surface area contributed by atoms with E-state index in [9.17, 15) is 14.4 Å². The van der Waals surface area contributed by atoms with E-state index in [1.807, 2.05) is 0 Å². The van der Waals surface area contributed by atoms with Crippen molar-refractivity contribution >= 4 is 17.9 Å². The molecule has 78 heavy (non-hydrogen) atoms. The Morgan fingerprint density at radius 1 is 0.269 bits per heavy atom. The van der Waals surface area contributed by atoms with Crippen molar-refractivity contribution in [3.05, 3.63) is 109 Å². The highest BCUT2D eigenvalue weighted by Gasteiger charge is 2.19. The van der Waals surface area contributed by atoms with Crippen molar-refractivity contribution < 1.29 is 28.6 Å². The minimum atomic E-state index is -0.785. The predicted molar refractivity (Wildman–Crippen MR) is 339 cm³/mol. The van der Waals surface area contributed by atoms with Gasteiger partial charge in [0, 0.05) is 19.3 Å². The van der Waals surface area contributed by atoms with Gasteiger partial charge in [-0.1, -0.05) is 278 Å². The number of hydrogen-bond acceptors (Lipinski definition) is 6. The number of carbonyl (C=O) groups excluding carboxylic acids is 3. The van der Waals surface area contributed by atoms with Gasteiger partial charge in [-0.2, -0.15) is 0 Å². The quantitative estimate of drug-likeness (QED) is 0.0261. The fourth-order valence-corrected chi connectivity index (χ4v) is 9.05. The molecule has 0 saturated carbocycles. The van der Waals surface area contributed by atoms with Crippen LogP contribution < -0.4 is 0 Å². The maximum absolute atomic E-state index is 12.9. The van der Waals surface area contributed by atoms with E-state index >= 15 is 0 Å². The largest absolute Gasteiger partial charge is 0.462 e. The van der Waals surface area contributed by atoms with Gasteiger partial charge in [0.1, 0.15) is 13.2 Å². The second-order valence-corrected chi connectivity index (χ2v) is 21.6. The van der Waals surface area contributed by atoms with Gasteiger partial charge in [0.15, 0.2) is 6.10 Å². The highest BCUT2D eigenvalue weighted by molar-refractivity contribution is 5.71. The molecule has 0 amide bonds. The standard InChI is InChI=1S/C72H122O6/c1-4-7-10-13-16-19-22-24-26-27-28-29-30-31-32-33-34-35-36-37-38-39-40-41-42-43-44-45-46-48-50-53-56-59-62-65-71(74)77-68-69(67-76-70(73)64-61-58-55-52-49-21-18-15-12-9-6-3)78-72(75)66-63-60-57-54-51-47-25-23-20-17-14-11-8-5-2/h7,10,15-16,18-19,23-26,28-29,31-32,34-35,37-38,69H,4-6,8-9,11-14,17,20-22,27,30,33,36,39-68H2,1-3H3/b10-7-,18-15-,19-16-,25-23-,26-24-,29-28-,32-31-,35-34-,38-37-. The maximum atomic E-state index is 12.9. The van der Waals surface area contributed by atoms with Crippen LogP contribution in [0.2, 0.25) is 0 Å². The van der Waals surface area contributed by atoms with Gasteiger partial charge in [0.25, 0.3) is 0 Å². The van der Waals surface area contributed by atoms with Gasteiger partial charge in [0.2, 0.25) is 0 Å². The van der Waals surface area contributed by atoms with Crippen LogP contribution >= 0.6 is 0 Å². The van der Waals surface area contributed by atoms with Crippen molar-refractivity contribution in [1.82, 2.24) is 0 Å². The number of hydrogen-bond donors (Lipinski definition) is 0. The Morgan fingerprint density at radius 3 is 0.833 bits per heavy atom. The van der Waals surface area contributed by atoms with Crippen LogP contribution in [0.15, 0.2) is 109 Å². The molecule has 0 radical (unpaired) electrons. The molecule has 1 unspecified atom stereocenters. The first-order valence-corrected chi connectivity index (χ1v) is 32.9. The summed E-state index contributed by atoms with van der Waals surface area (Å²) in [5, 5.41) is 0. The smallest absolute Gasteiger partial charge is 0.306 e. The lowest BCUT2D eigenvalue weighted by atomic mass is 10.0.